The number of piperidine rings is 1. The summed E-state index contributed by atoms with van der Waals surface area (Å²) in [6.45, 7) is 14.4. The van der Waals surface area contributed by atoms with E-state index in [0.717, 1.165) is 39.0 Å². The van der Waals surface area contributed by atoms with Crippen LogP contribution in [0.2, 0.25) is 0 Å². The van der Waals surface area contributed by atoms with E-state index in [2.05, 4.69) is 12.2 Å². The van der Waals surface area contributed by atoms with Gasteiger partial charge in [-0.2, -0.15) is 0 Å². The molecule has 282 valence electrons. The maximum atomic E-state index is 5.80. The second kappa shape index (κ2) is 40.0. The molecule has 0 amide bonds. The van der Waals surface area contributed by atoms with Gasteiger partial charge < -0.3 is 47.9 Å². The molecular weight excluding hydrogens is 602 g/mol. The molecule has 1 N–H and O–H groups in total. The number of hydrogen-bond donors (Lipinski definition) is 1. The standard InChI is InChI=1S/C37H75NO9/c1-2-3-4-5-6-7-8-9-10-11-12-13-14-15-20-39-21-22-40-23-24-41-25-26-42-27-28-43-29-30-44-31-32-45-33-34-46-35-36-47-37-16-18-38-19-17-37/h37-38H,2-36H2,1H3. The molecule has 0 radical (unpaired) electrons. The van der Waals surface area contributed by atoms with E-state index >= 15 is 0 Å². The third-order valence-corrected chi connectivity index (χ3v) is 8.11. The molecule has 1 heterocycles. The van der Waals surface area contributed by atoms with Crippen LogP contribution in [0, 0.1) is 0 Å². The lowest BCUT2D eigenvalue weighted by molar-refractivity contribution is -0.0318. The van der Waals surface area contributed by atoms with Crippen molar-refractivity contribution in [1.29, 1.82) is 0 Å². The quantitative estimate of drug-likeness (QED) is 0.0738. The van der Waals surface area contributed by atoms with Crippen LogP contribution in [-0.4, -0.2) is 132 Å². The highest BCUT2D eigenvalue weighted by atomic mass is 16.6. The Morgan fingerprint density at radius 2 is 0.617 bits per heavy atom. The van der Waals surface area contributed by atoms with Crippen LogP contribution in [0.3, 0.4) is 0 Å². The molecule has 0 aromatic rings. The summed E-state index contributed by atoms with van der Waals surface area (Å²) in [5.41, 5.74) is 0. The molecule has 1 rings (SSSR count). The zero-order valence-corrected chi connectivity index (χ0v) is 30.5. The summed E-state index contributed by atoms with van der Waals surface area (Å²) in [5, 5.41) is 3.34. The van der Waals surface area contributed by atoms with Crippen molar-refractivity contribution >= 4 is 0 Å². The van der Waals surface area contributed by atoms with E-state index in [0.29, 0.717) is 112 Å². The first-order valence-corrected chi connectivity index (χ1v) is 19.4. The highest BCUT2D eigenvalue weighted by Gasteiger charge is 2.12. The Morgan fingerprint density at radius 1 is 0.340 bits per heavy atom. The molecule has 1 saturated heterocycles. The first-order valence-electron chi connectivity index (χ1n) is 19.4. The van der Waals surface area contributed by atoms with Crippen molar-refractivity contribution < 1.29 is 42.6 Å². The SMILES string of the molecule is CCCCCCCCCCCCCCCCOCCOCCOCCOCCOCCOCCOCCOCCOC1CCNCC1. The summed E-state index contributed by atoms with van der Waals surface area (Å²) in [5.74, 6) is 0. The average molecular weight is 678 g/mol. The van der Waals surface area contributed by atoms with Gasteiger partial charge in [0.1, 0.15) is 0 Å². The van der Waals surface area contributed by atoms with E-state index in [9.17, 15) is 0 Å². The Hall–Kier alpha value is -0.400. The molecule has 10 nitrogen and oxygen atoms in total. The number of ether oxygens (including phenoxy) is 9. The molecule has 0 atom stereocenters. The Balaban J connectivity index is 1.59. The predicted molar refractivity (Wildman–Crippen MR) is 189 cm³/mol. The molecule has 10 heteroatoms. The second-order valence-electron chi connectivity index (χ2n) is 12.3. The van der Waals surface area contributed by atoms with E-state index < -0.39 is 0 Å². The minimum absolute atomic E-state index is 0.380. The van der Waals surface area contributed by atoms with Gasteiger partial charge in [0.15, 0.2) is 0 Å². The summed E-state index contributed by atoms with van der Waals surface area (Å²) < 4.78 is 50.2. The van der Waals surface area contributed by atoms with Gasteiger partial charge >= 0.3 is 0 Å². The van der Waals surface area contributed by atoms with Crippen molar-refractivity contribution in [3.8, 4) is 0 Å². The molecule has 0 aromatic heterocycles. The van der Waals surface area contributed by atoms with Crippen LogP contribution in [0.15, 0.2) is 0 Å². The van der Waals surface area contributed by atoms with E-state index in [1.807, 2.05) is 0 Å². The van der Waals surface area contributed by atoms with Gasteiger partial charge in [0.25, 0.3) is 0 Å². The lowest BCUT2D eigenvalue weighted by atomic mass is 10.0. The number of nitrogens with one attached hydrogen (secondary N) is 1. The summed E-state index contributed by atoms with van der Waals surface area (Å²) in [4.78, 5) is 0. The highest BCUT2D eigenvalue weighted by Crippen LogP contribution is 2.13. The van der Waals surface area contributed by atoms with Crippen molar-refractivity contribution in [2.75, 3.05) is 125 Å². The Morgan fingerprint density at radius 3 is 0.957 bits per heavy atom. The fourth-order valence-corrected chi connectivity index (χ4v) is 5.28. The van der Waals surface area contributed by atoms with Crippen molar-refractivity contribution in [3.63, 3.8) is 0 Å². The summed E-state index contributed by atoms with van der Waals surface area (Å²) in [6, 6.07) is 0. The van der Waals surface area contributed by atoms with Crippen LogP contribution < -0.4 is 5.32 Å². The van der Waals surface area contributed by atoms with Crippen molar-refractivity contribution in [2.24, 2.45) is 0 Å². The third-order valence-electron chi connectivity index (χ3n) is 8.11. The van der Waals surface area contributed by atoms with Gasteiger partial charge in [-0.1, -0.05) is 90.4 Å². The first kappa shape index (κ1) is 44.6. The minimum Gasteiger partial charge on any atom is -0.379 e. The molecule has 1 aliphatic heterocycles. The van der Waals surface area contributed by atoms with Gasteiger partial charge in [0.05, 0.1) is 112 Å². The van der Waals surface area contributed by atoms with Crippen LogP contribution in [-0.2, 0) is 42.6 Å². The Kier molecular flexibility index (Phi) is 38.0. The van der Waals surface area contributed by atoms with E-state index in [1.165, 1.54) is 83.5 Å². The summed E-state index contributed by atoms with van der Waals surface area (Å²) in [7, 11) is 0. The average Bonchev–Trinajstić information content (AvgIpc) is 3.09. The van der Waals surface area contributed by atoms with Crippen LogP contribution in [0.4, 0.5) is 0 Å². The van der Waals surface area contributed by atoms with Crippen molar-refractivity contribution in [2.45, 2.75) is 116 Å². The molecule has 0 aromatic carbocycles. The topological polar surface area (TPSA) is 95.1 Å². The molecule has 0 unspecified atom stereocenters. The fourth-order valence-electron chi connectivity index (χ4n) is 5.28. The monoisotopic (exact) mass is 678 g/mol. The van der Waals surface area contributed by atoms with Gasteiger partial charge in [0, 0.05) is 6.61 Å². The smallest absolute Gasteiger partial charge is 0.0704 e. The summed E-state index contributed by atoms with van der Waals surface area (Å²) >= 11 is 0. The minimum atomic E-state index is 0.380. The van der Waals surface area contributed by atoms with E-state index in [1.54, 1.807) is 0 Å². The molecule has 47 heavy (non-hydrogen) atoms. The van der Waals surface area contributed by atoms with Gasteiger partial charge in [0.2, 0.25) is 0 Å². The zero-order valence-electron chi connectivity index (χ0n) is 30.5. The largest absolute Gasteiger partial charge is 0.379 e. The Bertz CT molecular complexity index is 570. The first-order chi connectivity index (χ1) is 23.4. The van der Waals surface area contributed by atoms with Gasteiger partial charge in [-0.15, -0.1) is 0 Å². The van der Waals surface area contributed by atoms with Gasteiger partial charge in [-0.05, 0) is 32.4 Å². The molecule has 0 spiro atoms. The van der Waals surface area contributed by atoms with Crippen LogP contribution in [0.25, 0.3) is 0 Å². The van der Waals surface area contributed by atoms with Crippen LogP contribution in [0.1, 0.15) is 110 Å². The number of unbranched alkanes of at least 4 members (excludes halogenated alkanes) is 13. The Labute approximate surface area is 288 Å². The molecule has 1 aliphatic rings. The number of rotatable bonds is 40. The molecule has 0 bridgehead atoms. The van der Waals surface area contributed by atoms with Crippen LogP contribution in [0.5, 0.6) is 0 Å². The normalized spacial score (nSPS) is 14.0. The third kappa shape index (κ3) is 36.7. The van der Waals surface area contributed by atoms with E-state index in [4.69, 9.17) is 42.6 Å². The lowest BCUT2D eigenvalue weighted by Gasteiger charge is -2.22. The predicted octanol–water partition coefficient (Wildman–Crippen LogP) is 6.37. The molecule has 0 aliphatic carbocycles. The van der Waals surface area contributed by atoms with Crippen molar-refractivity contribution in [3.05, 3.63) is 0 Å². The second-order valence-corrected chi connectivity index (χ2v) is 12.3. The van der Waals surface area contributed by atoms with Crippen molar-refractivity contribution in [1.82, 2.24) is 5.32 Å². The maximum absolute atomic E-state index is 5.80. The molecular formula is C37H75NO9. The number of hydrogen-bond acceptors (Lipinski definition) is 10. The molecule has 1 fully saturated rings. The van der Waals surface area contributed by atoms with Gasteiger partial charge in [-0.3, -0.25) is 0 Å². The van der Waals surface area contributed by atoms with E-state index in [-0.39, 0.29) is 0 Å². The fraction of sp³-hybridized carbons (Fsp3) is 1.00. The summed E-state index contributed by atoms with van der Waals surface area (Å²) in [6.07, 6.45) is 21.9. The maximum Gasteiger partial charge on any atom is 0.0704 e. The highest BCUT2D eigenvalue weighted by molar-refractivity contribution is 4.67. The molecule has 0 saturated carbocycles. The lowest BCUT2D eigenvalue weighted by Crippen LogP contribution is -2.33. The zero-order chi connectivity index (χ0) is 33.4. The van der Waals surface area contributed by atoms with Gasteiger partial charge in [-0.25, -0.2) is 0 Å². The van der Waals surface area contributed by atoms with Crippen LogP contribution >= 0.6 is 0 Å².